The Kier molecular flexibility index (Phi) is 6.16. The highest BCUT2D eigenvalue weighted by Gasteiger charge is 2.18. The van der Waals surface area contributed by atoms with Crippen molar-refractivity contribution in [1.82, 2.24) is 10.6 Å². The molecule has 0 bridgehead atoms. The Morgan fingerprint density at radius 1 is 0.926 bits per heavy atom. The van der Waals surface area contributed by atoms with Gasteiger partial charge in [-0.05, 0) is 36.1 Å². The lowest BCUT2D eigenvalue weighted by molar-refractivity contribution is -0.139. The summed E-state index contributed by atoms with van der Waals surface area (Å²) in [4.78, 5) is 38.5. The Hall–Kier alpha value is -2.77. The van der Waals surface area contributed by atoms with E-state index in [0.29, 0.717) is 9.75 Å². The van der Waals surface area contributed by atoms with Crippen molar-refractivity contribution < 1.29 is 14.4 Å². The van der Waals surface area contributed by atoms with E-state index in [-0.39, 0.29) is 18.4 Å². The zero-order chi connectivity index (χ0) is 19.2. The van der Waals surface area contributed by atoms with Crippen LogP contribution in [-0.2, 0) is 16.1 Å². The van der Waals surface area contributed by atoms with E-state index in [2.05, 4.69) is 10.6 Å². The molecule has 7 heteroatoms. The first-order valence-corrected chi connectivity index (χ1v) is 10.0. The van der Waals surface area contributed by atoms with Gasteiger partial charge >= 0.3 is 11.8 Å². The molecular weight excluding hydrogens is 380 g/mol. The van der Waals surface area contributed by atoms with Gasteiger partial charge in [0, 0.05) is 4.88 Å². The monoisotopic (exact) mass is 398 g/mol. The maximum atomic E-state index is 12.3. The van der Waals surface area contributed by atoms with Gasteiger partial charge in [0.1, 0.15) is 0 Å². The minimum absolute atomic E-state index is 0.0259. The number of thiophene rings is 2. The van der Waals surface area contributed by atoms with E-state index in [1.807, 2.05) is 48.7 Å². The molecule has 0 saturated heterocycles. The largest absolute Gasteiger partial charge is 0.343 e. The van der Waals surface area contributed by atoms with Gasteiger partial charge in [-0.25, -0.2) is 0 Å². The van der Waals surface area contributed by atoms with Crippen molar-refractivity contribution in [2.24, 2.45) is 0 Å². The van der Waals surface area contributed by atoms with Crippen LogP contribution in [0.25, 0.3) is 0 Å². The number of hydrogen-bond donors (Lipinski definition) is 2. The average Bonchev–Trinajstić information content (AvgIpc) is 3.38. The van der Waals surface area contributed by atoms with E-state index in [1.165, 1.54) is 22.7 Å². The summed E-state index contributed by atoms with van der Waals surface area (Å²) in [5, 5.41) is 7.13. The number of amides is 2. The molecule has 1 unspecified atom stereocenters. The zero-order valence-corrected chi connectivity index (χ0v) is 16.2. The van der Waals surface area contributed by atoms with E-state index in [0.717, 1.165) is 10.4 Å². The van der Waals surface area contributed by atoms with Crippen LogP contribution in [0.3, 0.4) is 0 Å². The molecule has 3 rings (SSSR count). The fourth-order valence-corrected chi connectivity index (χ4v) is 4.10. The molecule has 0 saturated carbocycles. The van der Waals surface area contributed by atoms with Gasteiger partial charge in [0.15, 0.2) is 0 Å². The Morgan fingerprint density at radius 3 is 2.41 bits per heavy atom. The molecular formula is C20H18N2O3S2. The number of hydrogen-bond acceptors (Lipinski definition) is 5. The Labute approximate surface area is 165 Å². The summed E-state index contributed by atoms with van der Waals surface area (Å²) >= 11 is 2.71. The first kappa shape index (κ1) is 19.0. The molecule has 1 atom stereocenters. The van der Waals surface area contributed by atoms with Crippen molar-refractivity contribution in [3.63, 3.8) is 0 Å². The van der Waals surface area contributed by atoms with Gasteiger partial charge in [-0.1, -0.05) is 36.4 Å². The van der Waals surface area contributed by atoms with Gasteiger partial charge in [-0.15, -0.1) is 22.7 Å². The Bertz CT molecular complexity index is 933. The standard InChI is InChI=1S/C20H18N2O3S2/c1-13(14-6-3-2-4-7-14)22-20(25)19(24)21-12-15-9-10-17(27-15)18(23)16-8-5-11-26-16/h2-11,13H,12H2,1H3,(H,21,24)(H,22,25). The minimum Gasteiger partial charge on any atom is -0.343 e. The van der Waals surface area contributed by atoms with E-state index in [4.69, 9.17) is 0 Å². The van der Waals surface area contributed by atoms with Crippen molar-refractivity contribution in [1.29, 1.82) is 0 Å². The van der Waals surface area contributed by atoms with Crippen LogP contribution in [0.4, 0.5) is 0 Å². The second-order valence-electron chi connectivity index (χ2n) is 5.86. The fourth-order valence-electron chi connectivity index (χ4n) is 2.46. The summed E-state index contributed by atoms with van der Waals surface area (Å²) in [5.74, 6) is -1.41. The summed E-state index contributed by atoms with van der Waals surface area (Å²) < 4.78 is 0. The topological polar surface area (TPSA) is 75.3 Å². The second kappa shape index (κ2) is 8.75. The van der Waals surface area contributed by atoms with Crippen molar-refractivity contribution in [3.8, 4) is 0 Å². The van der Waals surface area contributed by atoms with Crippen LogP contribution in [-0.4, -0.2) is 17.6 Å². The maximum absolute atomic E-state index is 12.3. The van der Waals surface area contributed by atoms with Gasteiger partial charge < -0.3 is 10.6 Å². The van der Waals surface area contributed by atoms with Crippen molar-refractivity contribution in [3.05, 3.63) is 80.2 Å². The van der Waals surface area contributed by atoms with Gasteiger partial charge in [-0.3, -0.25) is 14.4 Å². The number of rotatable bonds is 6. The number of nitrogens with one attached hydrogen (secondary N) is 2. The lowest BCUT2D eigenvalue weighted by Crippen LogP contribution is -2.40. The second-order valence-corrected chi connectivity index (χ2v) is 7.98. The number of ketones is 1. The molecule has 27 heavy (non-hydrogen) atoms. The number of benzene rings is 1. The maximum Gasteiger partial charge on any atom is 0.309 e. The molecule has 0 aliphatic carbocycles. The van der Waals surface area contributed by atoms with Gasteiger partial charge in [0.25, 0.3) is 0 Å². The molecule has 0 fully saturated rings. The van der Waals surface area contributed by atoms with E-state index in [9.17, 15) is 14.4 Å². The lowest BCUT2D eigenvalue weighted by atomic mass is 10.1. The van der Waals surface area contributed by atoms with Crippen molar-refractivity contribution in [2.75, 3.05) is 0 Å². The summed E-state index contributed by atoms with van der Waals surface area (Å²) in [6.07, 6.45) is 0. The van der Waals surface area contributed by atoms with Gasteiger partial charge in [0.2, 0.25) is 5.78 Å². The number of carbonyl (C=O) groups is 3. The van der Waals surface area contributed by atoms with Crippen LogP contribution < -0.4 is 10.6 Å². The molecule has 0 spiro atoms. The summed E-state index contributed by atoms with van der Waals surface area (Å²) in [6.45, 7) is 2.02. The SMILES string of the molecule is CC(NC(=O)C(=O)NCc1ccc(C(=O)c2cccs2)s1)c1ccccc1. The molecule has 0 radical (unpaired) electrons. The van der Waals surface area contributed by atoms with E-state index < -0.39 is 11.8 Å². The van der Waals surface area contributed by atoms with Crippen LogP contribution in [0.1, 0.15) is 38.0 Å². The number of carbonyl (C=O) groups excluding carboxylic acids is 3. The molecule has 138 valence electrons. The first-order valence-electron chi connectivity index (χ1n) is 8.35. The van der Waals surface area contributed by atoms with Crippen LogP contribution >= 0.6 is 22.7 Å². The predicted molar refractivity (Wildman–Crippen MR) is 107 cm³/mol. The van der Waals surface area contributed by atoms with Crippen LogP contribution in [0, 0.1) is 0 Å². The molecule has 0 aliphatic heterocycles. The fraction of sp³-hybridized carbons (Fsp3) is 0.150. The third kappa shape index (κ3) is 4.90. The van der Waals surface area contributed by atoms with Gasteiger partial charge in [-0.2, -0.15) is 0 Å². The Balaban J connectivity index is 1.52. The van der Waals surface area contributed by atoms with Crippen molar-refractivity contribution in [2.45, 2.75) is 19.5 Å². The summed E-state index contributed by atoms with van der Waals surface area (Å²) in [5.41, 5.74) is 0.925. The highest BCUT2D eigenvalue weighted by Crippen LogP contribution is 2.22. The van der Waals surface area contributed by atoms with Crippen LogP contribution in [0.2, 0.25) is 0 Å². The van der Waals surface area contributed by atoms with Crippen LogP contribution in [0.5, 0.6) is 0 Å². The van der Waals surface area contributed by atoms with E-state index in [1.54, 1.807) is 18.2 Å². The highest BCUT2D eigenvalue weighted by molar-refractivity contribution is 7.16. The Morgan fingerprint density at radius 2 is 1.70 bits per heavy atom. The zero-order valence-electron chi connectivity index (χ0n) is 14.6. The lowest BCUT2D eigenvalue weighted by Gasteiger charge is -2.13. The molecule has 1 aromatic carbocycles. The van der Waals surface area contributed by atoms with E-state index >= 15 is 0 Å². The summed E-state index contributed by atoms with van der Waals surface area (Å²) in [7, 11) is 0. The smallest absolute Gasteiger partial charge is 0.309 e. The molecule has 3 aromatic rings. The molecule has 2 N–H and O–H groups in total. The average molecular weight is 399 g/mol. The van der Waals surface area contributed by atoms with Gasteiger partial charge in [0.05, 0.1) is 22.3 Å². The van der Waals surface area contributed by atoms with Crippen LogP contribution in [0.15, 0.2) is 60.0 Å². The first-order chi connectivity index (χ1) is 13.0. The minimum atomic E-state index is -0.697. The third-order valence-electron chi connectivity index (χ3n) is 3.91. The normalized spacial score (nSPS) is 11.6. The molecule has 0 aliphatic rings. The summed E-state index contributed by atoms with van der Waals surface area (Å²) in [6, 6.07) is 16.3. The quantitative estimate of drug-likeness (QED) is 0.493. The predicted octanol–water partition coefficient (Wildman–Crippen LogP) is 3.53. The molecule has 2 amide bonds. The molecule has 2 aromatic heterocycles. The molecule has 2 heterocycles. The molecule has 5 nitrogen and oxygen atoms in total. The van der Waals surface area contributed by atoms with Crippen molar-refractivity contribution >= 4 is 40.3 Å². The third-order valence-corrected chi connectivity index (χ3v) is 5.86. The highest BCUT2D eigenvalue weighted by atomic mass is 32.1.